The number of carbonyl (C=O) groups excluding carboxylic acids is 2. The molecule has 0 radical (unpaired) electrons. The highest BCUT2D eigenvalue weighted by atomic mass is 16.5. The van der Waals surface area contributed by atoms with Crippen molar-refractivity contribution in [2.45, 2.75) is 64.0 Å². The maximum Gasteiger partial charge on any atom is 0.328 e. The molecule has 3 aromatic rings. The largest absolute Gasteiger partial charge is 0.480 e. The Kier molecular flexibility index (Phi) is 7.29. The van der Waals surface area contributed by atoms with Gasteiger partial charge in [0.05, 0.1) is 37.0 Å². The molecule has 2 amide bonds. The molecule has 2 fully saturated rings. The van der Waals surface area contributed by atoms with Gasteiger partial charge in [-0.05, 0) is 56.4 Å². The van der Waals surface area contributed by atoms with Crippen molar-refractivity contribution in [2.75, 3.05) is 26.3 Å². The minimum absolute atomic E-state index is 0.00740. The quantitative estimate of drug-likeness (QED) is 0.476. The van der Waals surface area contributed by atoms with Crippen LogP contribution in [-0.4, -0.2) is 64.2 Å². The molecule has 2 aromatic heterocycles. The molecule has 2 N–H and O–H groups in total. The summed E-state index contributed by atoms with van der Waals surface area (Å²) < 4.78 is 12.9. The third kappa shape index (κ3) is 5.07. The normalized spacial score (nSPS) is 17.1. The Balaban J connectivity index is 1.65. The van der Waals surface area contributed by atoms with E-state index < -0.39 is 17.4 Å². The zero-order valence-electron chi connectivity index (χ0n) is 22.0. The predicted octanol–water partition coefficient (Wildman–Crippen LogP) is 4.40. The lowest BCUT2D eigenvalue weighted by atomic mass is 9.82. The lowest BCUT2D eigenvalue weighted by molar-refractivity contribution is -0.143. The van der Waals surface area contributed by atoms with Crippen LogP contribution in [0.15, 0.2) is 41.2 Å². The van der Waals surface area contributed by atoms with Crippen molar-refractivity contribution >= 4 is 28.7 Å². The number of morpholine rings is 1. The smallest absolute Gasteiger partial charge is 0.328 e. The molecule has 202 valence electrons. The van der Waals surface area contributed by atoms with Crippen molar-refractivity contribution in [1.29, 1.82) is 0 Å². The van der Waals surface area contributed by atoms with E-state index in [2.05, 4.69) is 5.32 Å². The SMILES string of the molecule is CC(C)(NC(=O)c1ccc2c(C3CCCCC3)c(-c3ccoc3)n(CC(=O)N3CCOCC3)c2c1)C(=O)O. The summed E-state index contributed by atoms with van der Waals surface area (Å²) >= 11 is 0. The number of aliphatic carboxylic acids is 1. The van der Waals surface area contributed by atoms with Crippen LogP contribution in [0.25, 0.3) is 22.2 Å². The molecule has 38 heavy (non-hydrogen) atoms. The first-order valence-electron chi connectivity index (χ1n) is 13.4. The van der Waals surface area contributed by atoms with Crippen molar-refractivity contribution in [3.63, 3.8) is 0 Å². The number of hydrogen-bond donors (Lipinski definition) is 2. The Morgan fingerprint density at radius 3 is 2.47 bits per heavy atom. The van der Waals surface area contributed by atoms with Gasteiger partial charge in [0.15, 0.2) is 0 Å². The van der Waals surface area contributed by atoms with Crippen LogP contribution in [-0.2, 0) is 20.9 Å². The maximum atomic E-state index is 13.5. The Morgan fingerprint density at radius 1 is 1.08 bits per heavy atom. The molecule has 1 aromatic carbocycles. The van der Waals surface area contributed by atoms with E-state index in [1.54, 1.807) is 24.7 Å². The summed E-state index contributed by atoms with van der Waals surface area (Å²) in [4.78, 5) is 40.0. The number of carboxylic acids is 1. The van der Waals surface area contributed by atoms with Gasteiger partial charge >= 0.3 is 5.97 Å². The van der Waals surface area contributed by atoms with Gasteiger partial charge in [-0.25, -0.2) is 4.79 Å². The predicted molar refractivity (Wildman–Crippen MR) is 142 cm³/mol. The average Bonchev–Trinajstić information content (AvgIpc) is 3.55. The molecule has 1 saturated heterocycles. The number of furan rings is 1. The molecule has 1 saturated carbocycles. The van der Waals surface area contributed by atoms with Gasteiger partial charge < -0.3 is 29.0 Å². The third-order valence-electron chi connectivity index (χ3n) is 7.79. The van der Waals surface area contributed by atoms with E-state index in [9.17, 15) is 19.5 Å². The number of nitrogens with zero attached hydrogens (tertiary/aromatic N) is 2. The van der Waals surface area contributed by atoms with Gasteiger partial charge in [0.1, 0.15) is 12.1 Å². The highest BCUT2D eigenvalue weighted by Crippen LogP contribution is 2.44. The van der Waals surface area contributed by atoms with Crippen LogP contribution >= 0.6 is 0 Å². The molecule has 5 rings (SSSR count). The number of ether oxygens (including phenoxy) is 1. The Bertz CT molecular complexity index is 1330. The van der Waals surface area contributed by atoms with E-state index in [1.165, 1.54) is 25.8 Å². The molecule has 9 heteroatoms. The summed E-state index contributed by atoms with van der Waals surface area (Å²) in [6, 6.07) is 7.39. The highest BCUT2D eigenvalue weighted by Gasteiger charge is 2.31. The van der Waals surface area contributed by atoms with E-state index >= 15 is 0 Å². The fraction of sp³-hybridized carbons (Fsp3) is 0.483. The Hall–Kier alpha value is -3.59. The van der Waals surface area contributed by atoms with Gasteiger partial charge in [-0.1, -0.05) is 25.3 Å². The summed E-state index contributed by atoms with van der Waals surface area (Å²) in [7, 11) is 0. The lowest BCUT2D eigenvalue weighted by Gasteiger charge is -2.27. The molecule has 3 heterocycles. The summed E-state index contributed by atoms with van der Waals surface area (Å²) in [6.45, 7) is 5.16. The number of nitrogens with one attached hydrogen (secondary N) is 1. The molecular formula is C29H35N3O6. The first kappa shape index (κ1) is 26.0. The number of rotatable bonds is 7. The summed E-state index contributed by atoms with van der Waals surface area (Å²) in [6.07, 6.45) is 9.00. The van der Waals surface area contributed by atoms with E-state index in [-0.39, 0.29) is 12.5 Å². The molecule has 0 atom stereocenters. The van der Waals surface area contributed by atoms with Crippen molar-refractivity contribution in [3.05, 3.63) is 47.9 Å². The zero-order chi connectivity index (χ0) is 26.9. The third-order valence-corrected chi connectivity index (χ3v) is 7.79. The van der Waals surface area contributed by atoms with Crippen LogP contribution in [0.4, 0.5) is 0 Å². The fourth-order valence-electron chi connectivity index (χ4n) is 5.65. The first-order valence-corrected chi connectivity index (χ1v) is 13.4. The molecule has 0 unspecified atom stereocenters. The first-order chi connectivity index (χ1) is 18.3. The average molecular weight is 522 g/mol. The van der Waals surface area contributed by atoms with E-state index in [0.29, 0.717) is 37.8 Å². The standard InChI is InChI=1S/C29H35N3O6/c1-29(2,28(35)36)30-27(34)20-8-9-22-23(16-20)32(17-24(33)31-11-14-37-15-12-31)26(21-10-13-38-18-21)25(22)19-6-4-3-5-7-19/h8-10,13,16,18-19H,3-7,11-12,14-15,17H2,1-2H3,(H,30,34)(H,35,36). The number of fused-ring (bicyclic) bond motifs is 1. The topological polar surface area (TPSA) is 114 Å². The van der Waals surface area contributed by atoms with E-state index in [4.69, 9.17) is 9.15 Å². The zero-order valence-corrected chi connectivity index (χ0v) is 22.0. The maximum absolute atomic E-state index is 13.5. The van der Waals surface area contributed by atoms with Crippen molar-refractivity contribution in [3.8, 4) is 11.3 Å². The highest BCUT2D eigenvalue weighted by molar-refractivity contribution is 6.02. The number of carbonyl (C=O) groups is 3. The van der Waals surface area contributed by atoms with Gasteiger partial charge in [0.2, 0.25) is 5.91 Å². The Labute approximate surface area is 221 Å². The van der Waals surface area contributed by atoms with Crippen LogP contribution in [0.5, 0.6) is 0 Å². The second kappa shape index (κ2) is 10.6. The van der Waals surface area contributed by atoms with Crippen LogP contribution in [0.1, 0.15) is 67.8 Å². The molecule has 0 spiro atoms. The van der Waals surface area contributed by atoms with Crippen LogP contribution in [0, 0.1) is 0 Å². The monoisotopic (exact) mass is 521 g/mol. The van der Waals surface area contributed by atoms with Gasteiger partial charge in [-0.3, -0.25) is 9.59 Å². The van der Waals surface area contributed by atoms with Crippen LogP contribution in [0.3, 0.4) is 0 Å². The fourth-order valence-corrected chi connectivity index (χ4v) is 5.65. The second-order valence-corrected chi connectivity index (χ2v) is 10.8. The second-order valence-electron chi connectivity index (χ2n) is 10.8. The Morgan fingerprint density at radius 2 is 1.82 bits per heavy atom. The van der Waals surface area contributed by atoms with Crippen molar-refractivity contribution < 1.29 is 28.6 Å². The van der Waals surface area contributed by atoms with Crippen LogP contribution < -0.4 is 5.32 Å². The van der Waals surface area contributed by atoms with Crippen molar-refractivity contribution in [2.24, 2.45) is 0 Å². The minimum atomic E-state index is -1.42. The molecule has 2 aliphatic rings. The van der Waals surface area contributed by atoms with Gasteiger partial charge in [0, 0.05) is 29.6 Å². The minimum Gasteiger partial charge on any atom is -0.480 e. The summed E-state index contributed by atoms with van der Waals surface area (Å²) in [5.74, 6) is -1.27. The number of amides is 2. The van der Waals surface area contributed by atoms with Gasteiger partial charge in [-0.15, -0.1) is 0 Å². The van der Waals surface area contributed by atoms with Gasteiger partial charge in [-0.2, -0.15) is 0 Å². The molecule has 1 aliphatic heterocycles. The summed E-state index contributed by atoms with van der Waals surface area (Å²) in [5.41, 5.74) is 2.74. The van der Waals surface area contributed by atoms with Gasteiger partial charge in [0.25, 0.3) is 5.91 Å². The van der Waals surface area contributed by atoms with Crippen molar-refractivity contribution in [1.82, 2.24) is 14.8 Å². The number of benzene rings is 1. The lowest BCUT2D eigenvalue weighted by Crippen LogP contribution is -2.49. The number of carboxylic acid groups (broad SMARTS) is 1. The molecule has 1 aliphatic carbocycles. The molecule has 0 bridgehead atoms. The summed E-state index contributed by atoms with van der Waals surface area (Å²) in [5, 5.41) is 13.1. The van der Waals surface area contributed by atoms with E-state index in [1.807, 2.05) is 21.6 Å². The molecule has 9 nitrogen and oxygen atoms in total. The number of hydrogen-bond acceptors (Lipinski definition) is 5. The number of aromatic nitrogens is 1. The molecular weight excluding hydrogens is 486 g/mol. The van der Waals surface area contributed by atoms with E-state index in [0.717, 1.165) is 47.8 Å². The van der Waals surface area contributed by atoms with Crippen LogP contribution in [0.2, 0.25) is 0 Å².